The minimum atomic E-state index is -4.79. The first-order chi connectivity index (χ1) is 8.47. The van der Waals surface area contributed by atoms with Crippen LogP contribution in [0.15, 0.2) is 42.2 Å². The van der Waals surface area contributed by atoms with Gasteiger partial charge in [-0.1, -0.05) is 30.4 Å². The molecular weight excluding hydrogens is 248 g/mol. The molecule has 18 heavy (non-hydrogen) atoms. The van der Waals surface area contributed by atoms with E-state index in [0.717, 1.165) is 0 Å². The van der Waals surface area contributed by atoms with Crippen molar-refractivity contribution in [3.05, 3.63) is 47.8 Å². The molecule has 0 bridgehead atoms. The van der Waals surface area contributed by atoms with Gasteiger partial charge in [0.05, 0.1) is 0 Å². The summed E-state index contributed by atoms with van der Waals surface area (Å²) in [5.41, 5.74) is 0.268. The van der Waals surface area contributed by atoms with Crippen molar-refractivity contribution in [2.45, 2.75) is 19.2 Å². The van der Waals surface area contributed by atoms with Crippen molar-refractivity contribution < 1.29 is 22.3 Å². The number of hydrogen-bond acceptors (Lipinski definition) is 1. The zero-order valence-electron chi connectivity index (χ0n) is 9.30. The first kappa shape index (κ1) is 12.7. The summed E-state index contributed by atoms with van der Waals surface area (Å²) in [5.74, 6) is -0.808. The SMILES string of the molecule is FC1=C(c2ccccc2OC(F)(F)F)C=CCC1. The summed E-state index contributed by atoms with van der Waals surface area (Å²) in [4.78, 5) is 0. The van der Waals surface area contributed by atoms with E-state index in [-0.39, 0.29) is 23.3 Å². The molecule has 1 aromatic carbocycles. The molecule has 0 heterocycles. The molecular formula is C13H10F4O. The molecule has 0 fully saturated rings. The summed E-state index contributed by atoms with van der Waals surface area (Å²) < 4.78 is 54.2. The number of para-hydroxylation sites is 1. The number of halogens is 4. The quantitative estimate of drug-likeness (QED) is 0.703. The Morgan fingerprint density at radius 1 is 1.11 bits per heavy atom. The molecule has 0 amide bonds. The number of hydrogen-bond donors (Lipinski definition) is 0. The fraction of sp³-hybridized carbons (Fsp3) is 0.231. The highest BCUT2D eigenvalue weighted by Gasteiger charge is 2.32. The van der Waals surface area contributed by atoms with Gasteiger partial charge in [-0.15, -0.1) is 13.2 Å². The summed E-state index contributed by atoms with van der Waals surface area (Å²) >= 11 is 0. The zero-order valence-corrected chi connectivity index (χ0v) is 9.30. The van der Waals surface area contributed by atoms with Gasteiger partial charge in [-0.25, -0.2) is 4.39 Å². The van der Waals surface area contributed by atoms with Crippen molar-refractivity contribution in [3.63, 3.8) is 0 Å². The Labute approximate surface area is 101 Å². The van der Waals surface area contributed by atoms with E-state index in [1.54, 1.807) is 12.1 Å². The monoisotopic (exact) mass is 258 g/mol. The Morgan fingerprint density at radius 2 is 1.83 bits per heavy atom. The predicted molar refractivity (Wildman–Crippen MR) is 59.5 cm³/mol. The molecule has 0 aliphatic heterocycles. The molecule has 0 N–H and O–H groups in total. The van der Waals surface area contributed by atoms with Crippen LogP contribution in [0.3, 0.4) is 0 Å². The van der Waals surface area contributed by atoms with Gasteiger partial charge in [0.25, 0.3) is 0 Å². The largest absolute Gasteiger partial charge is 0.573 e. The van der Waals surface area contributed by atoms with Gasteiger partial charge in [-0.3, -0.25) is 0 Å². The van der Waals surface area contributed by atoms with Crippen LogP contribution >= 0.6 is 0 Å². The first-order valence-electron chi connectivity index (χ1n) is 5.38. The summed E-state index contributed by atoms with van der Waals surface area (Å²) in [7, 11) is 0. The molecule has 0 aromatic heterocycles. The van der Waals surface area contributed by atoms with Gasteiger partial charge in [0.15, 0.2) is 0 Å². The van der Waals surface area contributed by atoms with Crippen LogP contribution in [0.1, 0.15) is 18.4 Å². The summed E-state index contributed by atoms with van der Waals surface area (Å²) in [5, 5.41) is 0. The van der Waals surface area contributed by atoms with Gasteiger partial charge >= 0.3 is 6.36 Å². The number of allylic oxidation sites excluding steroid dienone is 4. The number of alkyl halides is 3. The third kappa shape index (κ3) is 2.91. The van der Waals surface area contributed by atoms with Crippen LogP contribution in [0.5, 0.6) is 5.75 Å². The highest BCUT2D eigenvalue weighted by atomic mass is 19.4. The molecule has 1 aromatic rings. The molecule has 2 rings (SSSR count). The fourth-order valence-corrected chi connectivity index (χ4v) is 1.78. The minimum absolute atomic E-state index is 0.114. The fourth-order valence-electron chi connectivity index (χ4n) is 1.78. The predicted octanol–water partition coefficient (Wildman–Crippen LogP) is 4.62. The third-order valence-electron chi connectivity index (χ3n) is 2.51. The van der Waals surface area contributed by atoms with Crippen LogP contribution in [-0.2, 0) is 0 Å². The van der Waals surface area contributed by atoms with Crippen molar-refractivity contribution in [1.29, 1.82) is 0 Å². The third-order valence-corrected chi connectivity index (χ3v) is 2.51. The van der Waals surface area contributed by atoms with Crippen LogP contribution in [-0.4, -0.2) is 6.36 Å². The van der Waals surface area contributed by atoms with Crippen molar-refractivity contribution in [2.24, 2.45) is 0 Å². The molecule has 0 unspecified atom stereocenters. The standard InChI is InChI=1S/C13H10F4O/c14-11-7-3-1-5-9(11)10-6-2-4-8-12(10)18-13(15,16)17/h1-2,4-6,8H,3,7H2. The van der Waals surface area contributed by atoms with Crippen LogP contribution < -0.4 is 4.74 Å². The Morgan fingerprint density at radius 3 is 2.50 bits per heavy atom. The maximum atomic E-state index is 13.6. The van der Waals surface area contributed by atoms with E-state index in [9.17, 15) is 17.6 Å². The Hall–Kier alpha value is -1.78. The maximum Gasteiger partial charge on any atom is 0.573 e. The van der Waals surface area contributed by atoms with Crippen LogP contribution in [0, 0.1) is 0 Å². The lowest BCUT2D eigenvalue weighted by Gasteiger charge is -2.15. The minimum Gasteiger partial charge on any atom is -0.405 e. The molecule has 0 saturated carbocycles. The average Bonchev–Trinajstić information content (AvgIpc) is 2.29. The average molecular weight is 258 g/mol. The highest BCUT2D eigenvalue weighted by molar-refractivity contribution is 5.79. The summed E-state index contributed by atoms with van der Waals surface area (Å²) in [6, 6.07) is 5.54. The van der Waals surface area contributed by atoms with Crippen molar-refractivity contribution in [3.8, 4) is 5.75 Å². The van der Waals surface area contributed by atoms with E-state index in [1.165, 1.54) is 24.3 Å². The van der Waals surface area contributed by atoms with Crippen LogP contribution in [0.2, 0.25) is 0 Å². The number of rotatable bonds is 2. The lowest BCUT2D eigenvalue weighted by Crippen LogP contribution is -2.18. The Bertz CT molecular complexity index is 500. The molecule has 5 heteroatoms. The zero-order chi connectivity index (χ0) is 13.2. The van der Waals surface area contributed by atoms with Gasteiger partial charge in [-0.05, 0) is 12.5 Å². The van der Waals surface area contributed by atoms with Crippen molar-refractivity contribution >= 4 is 5.57 Å². The van der Waals surface area contributed by atoms with Gasteiger partial charge < -0.3 is 4.74 Å². The smallest absolute Gasteiger partial charge is 0.405 e. The van der Waals surface area contributed by atoms with Crippen molar-refractivity contribution in [2.75, 3.05) is 0 Å². The molecule has 0 saturated heterocycles. The second-order valence-corrected chi connectivity index (χ2v) is 3.80. The van der Waals surface area contributed by atoms with Crippen LogP contribution in [0.25, 0.3) is 5.57 Å². The first-order valence-corrected chi connectivity index (χ1v) is 5.38. The molecule has 1 aliphatic carbocycles. The molecule has 0 spiro atoms. The lowest BCUT2D eigenvalue weighted by atomic mass is 9.98. The summed E-state index contributed by atoms with van der Waals surface area (Å²) in [6.45, 7) is 0. The number of benzene rings is 1. The van der Waals surface area contributed by atoms with Gasteiger partial charge in [0, 0.05) is 17.6 Å². The number of ether oxygens (including phenoxy) is 1. The molecule has 1 aliphatic rings. The normalized spacial score (nSPS) is 16.0. The molecule has 96 valence electrons. The molecule has 0 atom stereocenters. The highest BCUT2D eigenvalue weighted by Crippen LogP contribution is 2.35. The summed E-state index contributed by atoms with van der Waals surface area (Å²) in [6.07, 6.45) is -0.824. The van der Waals surface area contributed by atoms with E-state index in [0.29, 0.717) is 6.42 Å². The van der Waals surface area contributed by atoms with E-state index >= 15 is 0 Å². The van der Waals surface area contributed by atoms with Gasteiger partial charge in [0.1, 0.15) is 11.6 Å². The lowest BCUT2D eigenvalue weighted by molar-refractivity contribution is -0.274. The van der Waals surface area contributed by atoms with E-state index in [4.69, 9.17) is 0 Å². The topological polar surface area (TPSA) is 9.23 Å². The van der Waals surface area contributed by atoms with E-state index in [2.05, 4.69) is 4.74 Å². The second kappa shape index (κ2) is 4.84. The second-order valence-electron chi connectivity index (χ2n) is 3.80. The van der Waals surface area contributed by atoms with Gasteiger partial charge in [-0.2, -0.15) is 0 Å². The van der Waals surface area contributed by atoms with Crippen molar-refractivity contribution in [1.82, 2.24) is 0 Å². The van der Waals surface area contributed by atoms with Crippen LogP contribution in [0.4, 0.5) is 17.6 Å². The Kier molecular flexibility index (Phi) is 3.41. The molecule has 0 radical (unpaired) electrons. The maximum absolute atomic E-state index is 13.6. The molecule has 1 nitrogen and oxygen atoms in total. The van der Waals surface area contributed by atoms with E-state index in [1.807, 2.05) is 0 Å². The van der Waals surface area contributed by atoms with Gasteiger partial charge in [0.2, 0.25) is 0 Å². The van der Waals surface area contributed by atoms with E-state index < -0.39 is 12.2 Å². The Balaban J connectivity index is 2.42.